The molecule has 10 nitrogen and oxygen atoms in total. The number of ether oxygens (including phenoxy) is 1. The first-order valence-corrected chi connectivity index (χ1v) is 11.9. The second-order valence-electron chi connectivity index (χ2n) is 8.31. The number of halogens is 1. The zero-order chi connectivity index (χ0) is 26.6. The minimum absolute atomic E-state index is 0.0596. The number of nitro benzene ring substituents is 1. The quantitative estimate of drug-likeness (QED) is 0.183. The van der Waals surface area contributed by atoms with Crippen molar-refractivity contribution in [3.05, 3.63) is 117 Å². The molecule has 190 valence electrons. The highest BCUT2D eigenvalue weighted by atomic mass is 35.5. The van der Waals surface area contributed by atoms with Gasteiger partial charge in [0.1, 0.15) is 11.8 Å². The van der Waals surface area contributed by atoms with Gasteiger partial charge in [-0.25, -0.2) is 4.68 Å². The average Bonchev–Trinajstić information content (AvgIpc) is 3.34. The predicted molar refractivity (Wildman–Crippen MR) is 145 cm³/mol. The Morgan fingerprint density at radius 2 is 1.92 bits per heavy atom. The number of methoxy groups -OCH3 is 1. The number of anilines is 2. The van der Waals surface area contributed by atoms with E-state index in [0.717, 1.165) is 22.6 Å². The van der Waals surface area contributed by atoms with Crippen molar-refractivity contribution in [2.24, 2.45) is 0 Å². The molecule has 1 aliphatic heterocycles. The Balaban J connectivity index is 1.41. The molecule has 1 amide bonds. The number of aromatic nitrogens is 3. The molecule has 2 heterocycles. The molecule has 1 atom stereocenters. The average molecular weight is 529 g/mol. The Hall–Kier alpha value is -4.96. The number of carbonyl (C=O) groups is 1. The van der Waals surface area contributed by atoms with Crippen LogP contribution in [0.25, 0.3) is 11.8 Å². The molecule has 38 heavy (non-hydrogen) atoms. The molecule has 0 radical (unpaired) electrons. The minimum atomic E-state index is -0.491. The van der Waals surface area contributed by atoms with Gasteiger partial charge in [0, 0.05) is 28.9 Å². The molecule has 4 aromatic rings. The fraction of sp³-hybridized carbons (Fsp3) is 0.0741. The first kappa shape index (κ1) is 24.7. The number of rotatable bonds is 7. The summed E-state index contributed by atoms with van der Waals surface area (Å²) in [6.07, 6.45) is 4.77. The number of benzene rings is 3. The molecule has 1 aliphatic rings. The molecule has 0 unspecified atom stereocenters. The highest BCUT2D eigenvalue weighted by Crippen LogP contribution is 2.34. The largest absolute Gasteiger partial charge is 0.497 e. The second kappa shape index (κ2) is 10.6. The van der Waals surface area contributed by atoms with E-state index in [1.165, 1.54) is 24.3 Å². The van der Waals surface area contributed by atoms with Crippen LogP contribution >= 0.6 is 11.6 Å². The number of fused-ring (bicyclic) bond motifs is 1. The maximum Gasteiger partial charge on any atom is 0.270 e. The summed E-state index contributed by atoms with van der Waals surface area (Å²) in [5, 5.41) is 22.1. The lowest BCUT2D eigenvalue weighted by molar-refractivity contribution is -0.384. The van der Waals surface area contributed by atoms with Crippen LogP contribution in [0.1, 0.15) is 22.7 Å². The van der Waals surface area contributed by atoms with Crippen molar-refractivity contribution >= 4 is 46.9 Å². The van der Waals surface area contributed by atoms with E-state index in [1.807, 2.05) is 42.5 Å². The molecular formula is C27H21ClN6O4. The zero-order valence-corrected chi connectivity index (χ0v) is 20.8. The van der Waals surface area contributed by atoms with Crippen LogP contribution in [0.5, 0.6) is 5.75 Å². The molecule has 1 aromatic heterocycles. The van der Waals surface area contributed by atoms with E-state index in [2.05, 4.69) is 20.7 Å². The molecule has 3 aromatic carbocycles. The fourth-order valence-corrected chi connectivity index (χ4v) is 4.07. The van der Waals surface area contributed by atoms with Crippen LogP contribution in [-0.4, -0.2) is 32.7 Å². The molecular weight excluding hydrogens is 508 g/mol. The Morgan fingerprint density at radius 3 is 2.63 bits per heavy atom. The van der Waals surface area contributed by atoms with Gasteiger partial charge >= 0.3 is 0 Å². The van der Waals surface area contributed by atoms with Crippen LogP contribution in [0, 0.1) is 10.1 Å². The third-order valence-electron chi connectivity index (χ3n) is 5.82. The molecule has 2 N–H and O–H groups in total. The summed E-state index contributed by atoms with van der Waals surface area (Å²) in [5.74, 6) is 0.792. The van der Waals surface area contributed by atoms with E-state index in [0.29, 0.717) is 16.5 Å². The van der Waals surface area contributed by atoms with Gasteiger partial charge < -0.3 is 10.1 Å². The summed E-state index contributed by atoms with van der Waals surface area (Å²) in [4.78, 5) is 27.5. The summed E-state index contributed by atoms with van der Waals surface area (Å²) in [6, 6.07) is 20.7. The number of nitrogens with zero attached hydrogens (tertiary/aromatic N) is 4. The van der Waals surface area contributed by atoms with E-state index >= 15 is 0 Å². The topological polar surface area (TPSA) is 124 Å². The number of nitrogens with one attached hydrogen (secondary N) is 2. The molecule has 0 aliphatic carbocycles. The summed E-state index contributed by atoms with van der Waals surface area (Å²) in [5.41, 5.74) is 3.12. The first-order chi connectivity index (χ1) is 18.4. The normalized spacial score (nSPS) is 14.4. The number of allylic oxidation sites excluding steroid dienone is 1. The van der Waals surface area contributed by atoms with Crippen molar-refractivity contribution in [3.63, 3.8) is 0 Å². The van der Waals surface area contributed by atoms with Crippen molar-refractivity contribution in [2.75, 3.05) is 17.7 Å². The van der Waals surface area contributed by atoms with Crippen molar-refractivity contribution in [1.29, 1.82) is 0 Å². The van der Waals surface area contributed by atoms with E-state index in [1.54, 1.807) is 36.1 Å². The number of amides is 1. The molecule has 11 heteroatoms. The smallest absolute Gasteiger partial charge is 0.270 e. The van der Waals surface area contributed by atoms with Gasteiger partial charge in [-0.3, -0.25) is 20.2 Å². The van der Waals surface area contributed by atoms with Crippen LogP contribution in [0.15, 0.2) is 84.9 Å². The van der Waals surface area contributed by atoms with Crippen LogP contribution in [0.3, 0.4) is 0 Å². The van der Waals surface area contributed by atoms with Gasteiger partial charge in [0.15, 0.2) is 0 Å². The summed E-state index contributed by atoms with van der Waals surface area (Å²) in [7, 11) is 1.61. The lowest BCUT2D eigenvalue weighted by Crippen LogP contribution is -2.20. The molecule has 0 saturated carbocycles. The SMILES string of the molecule is COc1ccc([C@H]2C=C(c3ccc(Cl)cc3)Nc3nc(NC(=O)/C=C/c4cccc([N+](=O)[O-])c4)nn32)cc1. The van der Waals surface area contributed by atoms with Crippen molar-refractivity contribution in [2.45, 2.75) is 6.04 Å². The number of carbonyl (C=O) groups excluding carboxylic acids is 1. The van der Waals surface area contributed by atoms with Gasteiger partial charge in [-0.1, -0.05) is 48.0 Å². The monoisotopic (exact) mass is 528 g/mol. The number of nitro groups is 1. The molecule has 5 rings (SSSR count). The second-order valence-corrected chi connectivity index (χ2v) is 8.74. The number of hydrogen-bond acceptors (Lipinski definition) is 7. The van der Waals surface area contributed by atoms with E-state index < -0.39 is 10.8 Å². The predicted octanol–water partition coefficient (Wildman–Crippen LogP) is 5.56. The number of hydrogen-bond donors (Lipinski definition) is 2. The lowest BCUT2D eigenvalue weighted by Gasteiger charge is -2.24. The van der Waals surface area contributed by atoms with E-state index in [4.69, 9.17) is 16.3 Å². The third-order valence-corrected chi connectivity index (χ3v) is 6.07. The highest BCUT2D eigenvalue weighted by molar-refractivity contribution is 6.30. The van der Waals surface area contributed by atoms with Crippen molar-refractivity contribution < 1.29 is 14.5 Å². The van der Waals surface area contributed by atoms with Crippen molar-refractivity contribution in [3.8, 4) is 5.75 Å². The van der Waals surface area contributed by atoms with Gasteiger partial charge in [-0.2, -0.15) is 4.98 Å². The van der Waals surface area contributed by atoms with E-state index in [-0.39, 0.29) is 17.7 Å². The van der Waals surface area contributed by atoms with Crippen LogP contribution < -0.4 is 15.4 Å². The Bertz CT molecular complexity index is 1560. The van der Waals surface area contributed by atoms with Gasteiger partial charge in [0.25, 0.3) is 17.5 Å². The van der Waals surface area contributed by atoms with Crippen molar-refractivity contribution in [1.82, 2.24) is 14.8 Å². The highest BCUT2D eigenvalue weighted by Gasteiger charge is 2.26. The van der Waals surface area contributed by atoms with Crippen LogP contribution in [0.4, 0.5) is 17.6 Å². The van der Waals surface area contributed by atoms with E-state index in [9.17, 15) is 14.9 Å². The Morgan fingerprint density at radius 1 is 1.16 bits per heavy atom. The minimum Gasteiger partial charge on any atom is -0.497 e. The zero-order valence-electron chi connectivity index (χ0n) is 20.0. The fourth-order valence-electron chi connectivity index (χ4n) is 3.95. The van der Waals surface area contributed by atoms with Gasteiger partial charge in [0.2, 0.25) is 5.95 Å². The Labute approximate surface area is 222 Å². The first-order valence-electron chi connectivity index (χ1n) is 11.5. The van der Waals surface area contributed by atoms with Gasteiger partial charge in [0.05, 0.1) is 12.0 Å². The van der Waals surface area contributed by atoms with Gasteiger partial charge in [-0.05, 0) is 53.1 Å². The Kier molecular flexibility index (Phi) is 6.88. The maximum atomic E-state index is 12.6. The van der Waals surface area contributed by atoms with Crippen LogP contribution in [0.2, 0.25) is 5.02 Å². The third kappa shape index (κ3) is 5.40. The lowest BCUT2D eigenvalue weighted by atomic mass is 10.0. The summed E-state index contributed by atoms with van der Waals surface area (Å²) in [6.45, 7) is 0. The molecule has 0 bridgehead atoms. The van der Waals surface area contributed by atoms with Gasteiger partial charge in [-0.15, -0.1) is 5.10 Å². The molecule has 0 fully saturated rings. The molecule has 0 spiro atoms. The summed E-state index contributed by atoms with van der Waals surface area (Å²) >= 11 is 6.07. The summed E-state index contributed by atoms with van der Waals surface area (Å²) < 4.78 is 6.97. The maximum absolute atomic E-state index is 12.6. The van der Waals surface area contributed by atoms with Crippen LogP contribution in [-0.2, 0) is 4.79 Å². The standard InChI is InChI=1S/C27H21ClN6O4/c1-38-22-12-8-19(9-13-22)24-16-23(18-6-10-20(28)11-7-18)29-27-31-26(32-33(24)27)30-25(35)14-5-17-3-2-4-21(15-17)34(36)37/h2-16,24H,1H3,(H2,29,30,31,32,35)/b14-5+/t24-/m1/s1. The molecule has 0 saturated heterocycles. The number of non-ortho nitro benzene ring substituents is 1.